The SMILES string of the molecule is CCC[C@H](c1nc2ccncc2c(=O)n1CC)N1CCNC[C@@H](C)C1. The molecule has 3 heterocycles. The number of nitrogens with zero attached hydrogens (tertiary/aromatic N) is 4. The van der Waals surface area contributed by atoms with E-state index >= 15 is 0 Å². The largest absolute Gasteiger partial charge is 0.315 e. The second kappa shape index (κ2) is 8.06. The highest BCUT2D eigenvalue weighted by Gasteiger charge is 2.27. The average Bonchev–Trinajstić information content (AvgIpc) is 2.84. The number of aromatic nitrogens is 3. The summed E-state index contributed by atoms with van der Waals surface area (Å²) in [5.74, 6) is 1.50. The van der Waals surface area contributed by atoms with Gasteiger partial charge in [-0.25, -0.2) is 4.98 Å². The normalized spacial score (nSPS) is 20.5. The number of pyridine rings is 1. The summed E-state index contributed by atoms with van der Waals surface area (Å²) in [5.41, 5.74) is 0.777. The fraction of sp³-hybridized carbons (Fsp3) is 0.632. The average molecular weight is 343 g/mol. The molecule has 3 rings (SSSR count). The summed E-state index contributed by atoms with van der Waals surface area (Å²) in [5, 5.41) is 4.11. The molecule has 0 bridgehead atoms. The third-order valence-electron chi connectivity index (χ3n) is 5.02. The zero-order chi connectivity index (χ0) is 17.8. The summed E-state index contributed by atoms with van der Waals surface area (Å²) in [6.45, 7) is 11.2. The molecule has 0 saturated carbocycles. The van der Waals surface area contributed by atoms with Gasteiger partial charge in [-0.1, -0.05) is 20.3 Å². The van der Waals surface area contributed by atoms with Crippen molar-refractivity contribution in [3.8, 4) is 0 Å². The number of hydrogen-bond donors (Lipinski definition) is 1. The lowest BCUT2D eigenvalue weighted by atomic mass is 10.1. The highest BCUT2D eigenvalue weighted by molar-refractivity contribution is 5.76. The van der Waals surface area contributed by atoms with E-state index in [0.717, 1.165) is 50.4 Å². The van der Waals surface area contributed by atoms with Crippen LogP contribution in [0.4, 0.5) is 0 Å². The molecule has 136 valence electrons. The maximum atomic E-state index is 13.0. The molecule has 1 saturated heterocycles. The molecule has 1 fully saturated rings. The first-order chi connectivity index (χ1) is 12.2. The van der Waals surface area contributed by atoms with Gasteiger partial charge in [-0.05, 0) is 31.9 Å². The predicted molar refractivity (Wildman–Crippen MR) is 101 cm³/mol. The molecule has 6 heteroatoms. The maximum Gasteiger partial charge on any atom is 0.262 e. The van der Waals surface area contributed by atoms with E-state index in [1.54, 1.807) is 12.4 Å². The lowest BCUT2D eigenvalue weighted by Crippen LogP contribution is -2.38. The molecule has 1 aliphatic heterocycles. The number of fused-ring (bicyclic) bond motifs is 1. The molecule has 2 aromatic heterocycles. The fourth-order valence-corrected chi connectivity index (χ4v) is 3.80. The van der Waals surface area contributed by atoms with E-state index in [4.69, 9.17) is 4.98 Å². The molecule has 1 N–H and O–H groups in total. The maximum absolute atomic E-state index is 13.0. The molecule has 25 heavy (non-hydrogen) atoms. The summed E-state index contributed by atoms with van der Waals surface area (Å²) >= 11 is 0. The van der Waals surface area contributed by atoms with Crippen LogP contribution in [0.3, 0.4) is 0 Å². The van der Waals surface area contributed by atoms with E-state index in [1.165, 1.54) is 0 Å². The van der Waals surface area contributed by atoms with Gasteiger partial charge in [0.2, 0.25) is 0 Å². The van der Waals surface area contributed by atoms with E-state index in [0.29, 0.717) is 17.8 Å². The molecule has 0 aliphatic carbocycles. The lowest BCUT2D eigenvalue weighted by Gasteiger charge is -2.32. The van der Waals surface area contributed by atoms with Gasteiger partial charge in [0.15, 0.2) is 0 Å². The molecule has 1 aliphatic rings. The quantitative estimate of drug-likeness (QED) is 0.902. The van der Waals surface area contributed by atoms with Gasteiger partial charge < -0.3 is 5.32 Å². The van der Waals surface area contributed by atoms with Crippen molar-refractivity contribution in [3.63, 3.8) is 0 Å². The smallest absolute Gasteiger partial charge is 0.262 e. The van der Waals surface area contributed by atoms with E-state index in [9.17, 15) is 4.79 Å². The standard InChI is InChI=1S/C19H29N5O/c1-4-6-17(23-10-9-21-11-14(3)13-23)18-22-16-7-8-20-12-15(16)19(25)24(18)5-2/h7-8,12,14,17,21H,4-6,9-11,13H2,1-3H3/t14-,17-/m1/s1. The van der Waals surface area contributed by atoms with Crippen molar-refractivity contribution in [2.75, 3.05) is 26.2 Å². The summed E-state index contributed by atoms with van der Waals surface area (Å²) in [7, 11) is 0. The van der Waals surface area contributed by atoms with Gasteiger partial charge in [0.25, 0.3) is 5.56 Å². The number of nitrogens with one attached hydrogen (secondary N) is 1. The van der Waals surface area contributed by atoms with Crippen LogP contribution in [0.1, 0.15) is 45.5 Å². The van der Waals surface area contributed by atoms with Crippen LogP contribution < -0.4 is 10.9 Å². The van der Waals surface area contributed by atoms with Crippen molar-refractivity contribution in [1.82, 2.24) is 24.8 Å². The topological polar surface area (TPSA) is 63.1 Å². The molecule has 6 nitrogen and oxygen atoms in total. The lowest BCUT2D eigenvalue weighted by molar-refractivity contribution is 0.169. The van der Waals surface area contributed by atoms with Gasteiger partial charge in [0.1, 0.15) is 5.82 Å². The molecule has 2 atom stereocenters. The van der Waals surface area contributed by atoms with Crippen molar-refractivity contribution in [1.29, 1.82) is 0 Å². The second-order valence-corrected chi connectivity index (χ2v) is 7.02. The van der Waals surface area contributed by atoms with Crippen LogP contribution >= 0.6 is 0 Å². The highest BCUT2D eigenvalue weighted by Crippen LogP contribution is 2.26. The van der Waals surface area contributed by atoms with Gasteiger partial charge in [0, 0.05) is 38.6 Å². The molecule has 0 aromatic carbocycles. The van der Waals surface area contributed by atoms with E-state index < -0.39 is 0 Å². The number of rotatable bonds is 5. The minimum absolute atomic E-state index is 0.0256. The van der Waals surface area contributed by atoms with Gasteiger partial charge >= 0.3 is 0 Å². The first kappa shape index (κ1) is 18.0. The second-order valence-electron chi connectivity index (χ2n) is 7.02. The third-order valence-corrected chi connectivity index (χ3v) is 5.02. The Hall–Kier alpha value is -1.79. The molecular weight excluding hydrogens is 314 g/mol. The van der Waals surface area contributed by atoms with E-state index in [-0.39, 0.29) is 11.6 Å². The monoisotopic (exact) mass is 343 g/mol. The Balaban J connectivity index is 2.10. The zero-order valence-corrected chi connectivity index (χ0v) is 15.5. The minimum atomic E-state index is 0.0256. The van der Waals surface area contributed by atoms with Crippen LogP contribution in [0, 0.1) is 5.92 Å². The Morgan fingerprint density at radius 1 is 1.40 bits per heavy atom. The minimum Gasteiger partial charge on any atom is -0.315 e. The Morgan fingerprint density at radius 2 is 2.24 bits per heavy atom. The predicted octanol–water partition coefficient (Wildman–Crippen LogP) is 2.19. The van der Waals surface area contributed by atoms with Crippen LogP contribution in [-0.4, -0.2) is 45.6 Å². The van der Waals surface area contributed by atoms with Crippen molar-refractivity contribution in [2.24, 2.45) is 5.92 Å². The molecule has 0 unspecified atom stereocenters. The van der Waals surface area contributed by atoms with Crippen molar-refractivity contribution < 1.29 is 0 Å². The Kier molecular flexibility index (Phi) is 5.81. The summed E-state index contributed by atoms with van der Waals surface area (Å²) < 4.78 is 1.84. The van der Waals surface area contributed by atoms with E-state index in [2.05, 4.69) is 29.0 Å². The van der Waals surface area contributed by atoms with Gasteiger partial charge in [-0.2, -0.15) is 0 Å². The third kappa shape index (κ3) is 3.75. The summed E-state index contributed by atoms with van der Waals surface area (Å²) in [4.78, 5) is 24.5. The van der Waals surface area contributed by atoms with Crippen LogP contribution in [0.5, 0.6) is 0 Å². The molecule has 0 amide bonds. The summed E-state index contributed by atoms with van der Waals surface area (Å²) in [6.07, 6.45) is 5.42. The van der Waals surface area contributed by atoms with Crippen molar-refractivity contribution >= 4 is 10.9 Å². The van der Waals surface area contributed by atoms with E-state index in [1.807, 2.05) is 17.6 Å². The Bertz CT molecular complexity index is 772. The Labute approximate surface area is 149 Å². The van der Waals surface area contributed by atoms with Gasteiger partial charge in [-0.15, -0.1) is 0 Å². The molecule has 0 spiro atoms. The van der Waals surface area contributed by atoms with Crippen molar-refractivity contribution in [2.45, 2.75) is 46.2 Å². The van der Waals surface area contributed by atoms with Crippen molar-refractivity contribution in [3.05, 3.63) is 34.6 Å². The molecule has 0 radical (unpaired) electrons. The van der Waals surface area contributed by atoms with Gasteiger partial charge in [-0.3, -0.25) is 19.2 Å². The zero-order valence-electron chi connectivity index (χ0n) is 15.5. The Morgan fingerprint density at radius 3 is 3.00 bits per heavy atom. The fourth-order valence-electron chi connectivity index (χ4n) is 3.80. The van der Waals surface area contributed by atoms with Crippen LogP contribution in [0.2, 0.25) is 0 Å². The molecular formula is C19H29N5O. The van der Waals surface area contributed by atoms with Gasteiger partial charge in [0.05, 0.1) is 16.9 Å². The van der Waals surface area contributed by atoms with Crippen LogP contribution in [0.25, 0.3) is 10.9 Å². The first-order valence-corrected chi connectivity index (χ1v) is 9.44. The number of hydrogen-bond acceptors (Lipinski definition) is 5. The first-order valence-electron chi connectivity index (χ1n) is 9.44. The molecule has 2 aromatic rings. The van der Waals surface area contributed by atoms with Crippen LogP contribution in [0.15, 0.2) is 23.3 Å². The highest BCUT2D eigenvalue weighted by atomic mass is 16.1. The summed E-state index contributed by atoms with van der Waals surface area (Å²) in [6, 6.07) is 2.02. The van der Waals surface area contributed by atoms with Crippen LogP contribution in [-0.2, 0) is 6.54 Å².